The van der Waals surface area contributed by atoms with Crippen LogP contribution in [0.25, 0.3) is 0 Å². The van der Waals surface area contributed by atoms with Crippen LogP contribution >= 0.6 is 0 Å². The molecule has 2 aromatic rings. The lowest BCUT2D eigenvalue weighted by Crippen LogP contribution is -2.32. The van der Waals surface area contributed by atoms with Gasteiger partial charge >= 0.3 is 6.09 Å². The number of carbonyl (C=O) groups is 1. The molecule has 0 atom stereocenters. The van der Waals surface area contributed by atoms with Gasteiger partial charge in [-0.05, 0) is 57.5 Å². The van der Waals surface area contributed by atoms with Crippen molar-refractivity contribution in [1.29, 1.82) is 10.7 Å². The van der Waals surface area contributed by atoms with Crippen LogP contribution in [0.15, 0.2) is 42.7 Å². The number of unbranched alkanes of at least 4 members (excludes halogenated alkanes) is 1. The molecular weight excluding hydrogens is 418 g/mol. The summed E-state index contributed by atoms with van der Waals surface area (Å²) in [5.74, 6) is 6.93. The van der Waals surface area contributed by atoms with Crippen molar-refractivity contribution in [2.24, 2.45) is 0 Å². The largest absolute Gasteiger partial charge is 0.444 e. The standard InChI is InChI=1S/C24H27N7O2/c1-24(2,3)33-23(32)28-14-6-4-5-8-19-17-29-22(31-21(19)27-15-7-13-25)30-20-11-9-18(16-26)10-12-20/h7,9-13,15,17,25H,4,6,14H2,1-3H3,(H,28,32)(H2,27,29,30,31)/b15-7-,25-13?. The first-order valence-electron chi connectivity index (χ1n) is 10.3. The van der Waals surface area contributed by atoms with Gasteiger partial charge in [-0.15, -0.1) is 0 Å². The molecule has 0 aliphatic rings. The molecule has 9 nitrogen and oxygen atoms in total. The first-order chi connectivity index (χ1) is 15.8. The highest BCUT2D eigenvalue weighted by molar-refractivity contribution is 5.69. The minimum atomic E-state index is -0.527. The average molecular weight is 446 g/mol. The maximum Gasteiger partial charge on any atom is 0.407 e. The monoisotopic (exact) mass is 445 g/mol. The van der Waals surface area contributed by atoms with Crippen molar-refractivity contribution in [2.45, 2.75) is 39.2 Å². The van der Waals surface area contributed by atoms with Crippen LogP contribution < -0.4 is 16.0 Å². The van der Waals surface area contributed by atoms with E-state index in [2.05, 4.69) is 43.8 Å². The van der Waals surface area contributed by atoms with Gasteiger partial charge in [-0.2, -0.15) is 10.2 Å². The number of aromatic nitrogens is 2. The highest BCUT2D eigenvalue weighted by atomic mass is 16.6. The van der Waals surface area contributed by atoms with Crippen molar-refractivity contribution in [1.82, 2.24) is 15.3 Å². The van der Waals surface area contributed by atoms with Gasteiger partial charge in [-0.25, -0.2) is 9.78 Å². The lowest BCUT2D eigenvalue weighted by molar-refractivity contribution is 0.0527. The molecule has 9 heteroatoms. The van der Waals surface area contributed by atoms with E-state index in [1.807, 2.05) is 20.8 Å². The summed E-state index contributed by atoms with van der Waals surface area (Å²) in [4.78, 5) is 20.4. The summed E-state index contributed by atoms with van der Waals surface area (Å²) < 4.78 is 5.19. The fraction of sp³-hybridized carbons (Fsp3) is 0.292. The maximum absolute atomic E-state index is 11.6. The zero-order chi connectivity index (χ0) is 24.1. The Balaban J connectivity index is 2.00. The number of ether oxygens (including phenoxy) is 1. The van der Waals surface area contributed by atoms with Crippen LogP contribution in [0.1, 0.15) is 44.7 Å². The Hall–Kier alpha value is -4.37. The second-order valence-corrected chi connectivity index (χ2v) is 7.77. The molecule has 1 heterocycles. The van der Waals surface area contributed by atoms with E-state index in [1.165, 1.54) is 6.08 Å². The Morgan fingerprint density at radius 2 is 2.03 bits per heavy atom. The summed E-state index contributed by atoms with van der Waals surface area (Å²) in [6.45, 7) is 5.90. The van der Waals surface area contributed by atoms with Gasteiger partial charge in [0.2, 0.25) is 5.95 Å². The Labute approximate surface area is 193 Å². The minimum Gasteiger partial charge on any atom is -0.444 e. The Kier molecular flexibility index (Phi) is 9.41. The van der Waals surface area contributed by atoms with E-state index in [0.29, 0.717) is 42.3 Å². The fourth-order valence-corrected chi connectivity index (χ4v) is 2.42. The van der Waals surface area contributed by atoms with Gasteiger partial charge in [0.05, 0.1) is 23.4 Å². The second kappa shape index (κ2) is 12.5. The van der Waals surface area contributed by atoms with E-state index in [9.17, 15) is 4.79 Å². The number of alkyl carbamates (subject to hydrolysis) is 1. The highest BCUT2D eigenvalue weighted by Crippen LogP contribution is 2.18. The molecule has 0 spiro atoms. The van der Waals surface area contributed by atoms with Gasteiger partial charge in [0.1, 0.15) is 5.60 Å². The summed E-state index contributed by atoms with van der Waals surface area (Å²) in [5.41, 5.74) is 1.37. The van der Waals surface area contributed by atoms with Crippen LogP contribution in [0.3, 0.4) is 0 Å². The zero-order valence-corrected chi connectivity index (χ0v) is 18.9. The molecule has 0 aliphatic carbocycles. The van der Waals surface area contributed by atoms with Crippen molar-refractivity contribution >= 4 is 29.8 Å². The summed E-state index contributed by atoms with van der Waals surface area (Å²) in [6, 6.07) is 9.01. The first kappa shape index (κ1) is 24.9. The predicted molar refractivity (Wildman–Crippen MR) is 128 cm³/mol. The molecule has 0 radical (unpaired) electrons. The number of allylic oxidation sites excluding steroid dienone is 1. The average Bonchev–Trinajstić information content (AvgIpc) is 2.77. The van der Waals surface area contributed by atoms with E-state index in [-0.39, 0.29) is 0 Å². The van der Waals surface area contributed by atoms with Gasteiger partial charge in [0.15, 0.2) is 5.82 Å². The van der Waals surface area contributed by atoms with Crippen LogP contribution in [0, 0.1) is 28.6 Å². The molecule has 33 heavy (non-hydrogen) atoms. The quantitative estimate of drug-likeness (QED) is 0.270. The lowest BCUT2D eigenvalue weighted by atomic mass is 10.2. The fourth-order valence-electron chi connectivity index (χ4n) is 2.42. The number of carbonyl (C=O) groups excluding carboxylic acids is 1. The topological polar surface area (TPSA) is 136 Å². The van der Waals surface area contributed by atoms with Crippen LogP contribution in [-0.4, -0.2) is 34.4 Å². The molecular formula is C24H27N7O2. The predicted octanol–water partition coefficient (Wildman–Crippen LogP) is 4.32. The summed E-state index contributed by atoms with van der Waals surface area (Å²) in [7, 11) is 0. The molecule has 1 aromatic heterocycles. The SMILES string of the molecule is CC(C)(C)OC(=O)NCCCC#Cc1cnc(Nc2ccc(C#N)cc2)nc1N/C=C\C=N. The number of nitrogens with one attached hydrogen (secondary N) is 4. The van der Waals surface area contributed by atoms with E-state index < -0.39 is 11.7 Å². The summed E-state index contributed by atoms with van der Waals surface area (Å²) in [6.07, 6.45) is 6.64. The number of anilines is 3. The third kappa shape index (κ3) is 9.53. The normalized spacial score (nSPS) is 10.5. The third-order valence-corrected chi connectivity index (χ3v) is 3.84. The van der Waals surface area contributed by atoms with Crippen LogP contribution in [0.5, 0.6) is 0 Å². The smallest absolute Gasteiger partial charge is 0.407 e. The Morgan fingerprint density at radius 3 is 2.70 bits per heavy atom. The zero-order valence-electron chi connectivity index (χ0n) is 18.9. The van der Waals surface area contributed by atoms with Crippen molar-refractivity contribution in [3.05, 3.63) is 53.9 Å². The number of hydrogen-bond donors (Lipinski definition) is 4. The van der Waals surface area contributed by atoms with E-state index in [4.69, 9.17) is 15.4 Å². The molecule has 0 saturated carbocycles. The summed E-state index contributed by atoms with van der Waals surface area (Å²) in [5, 5.41) is 24.8. The van der Waals surface area contributed by atoms with Crippen molar-refractivity contribution in [3.63, 3.8) is 0 Å². The number of hydrogen-bond acceptors (Lipinski definition) is 8. The number of amides is 1. The molecule has 2 rings (SSSR count). The van der Waals surface area contributed by atoms with Gasteiger partial charge < -0.3 is 26.1 Å². The van der Waals surface area contributed by atoms with Crippen molar-refractivity contribution in [3.8, 4) is 17.9 Å². The second-order valence-electron chi connectivity index (χ2n) is 7.77. The maximum atomic E-state index is 11.6. The van der Waals surface area contributed by atoms with Gasteiger partial charge in [-0.3, -0.25) is 0 Å². The first-order valence-corrected chi connectivity index (χ1v) is 10.3. The number of benzene rings is 1. The van der Waals surface area contributed by atoms with E-state index in [0.717, 1.165) is 11.9 Å². The number of rotatable bonds is 8. The lowest BCUT2D eigenvalue weighted by Gasteiger charge is -2.19. The van der Waals surface area contributed by atoms with E-state index in [1.54, 1.807) is 36.7 Å². The molecule has 0 aliphatic heterocycles. The molecule has 0 bridgehead atoms. The van der Waals surface area contributed by atoms with E-state index >= 15 is 0 Å². The van der Waals surface area contributed by atoms with Crippen molar-refractivity contribution in [2.75, 3.05) is 17.2 Å². The third-order valence-electron chi connectivity index (χ3n) is 3.84. The summed E-state index contributed by atoms with van der Waals surface area (Å²) >= 11 is 0. The number of nitrogens with zero attached hydrogens (tertiary/aromatic N) is 3. The van der Waals surface area contributed by atoms with Crippen LogP contribution in [0.2, 0.25) is 0 Å². The minimum absolute atomic E-state index is 0.359. The Bertz CT molecular complexity index is 1090. The van der Waals surface area contributed by atoms with Crippen LogP contribution in [-0.2, 0) is 4.74 Å². The molecule has 1 amide bonds. The molecule has 0 unspecified atom stereocenters. The molecule has 1 aromatic carbocycles. The van der Waals surface area contributed by atoms with Crippen LogP contribution in [0.4, 0.5) is 22.2 Å². The number of nitriles is 1. The molecule has 4 N–H and O–H groups in total. The van der Waals surface area contributed by atoms with Gasteiger partial charge in [0, 0.05) is 31.1 Å². The molecule has 0 fully saturated rings. The molecule has 170 valence electrons. The van der Waals surface area contributed by atoms with Crippen molar-refractivity contribution < 1.29 is 9.53 Å². The van der Waals surface area contributed by atoms with Gasteiger partial charge in [-0.1, -0.05) is 11.8 Å². The molecule has 0 saturated heterocycles. The Morgan fingerprint density at radius 1 is 1.27 bits per heavy atom. The van der Waals surface area contributed by atoms with Gasteiger partial charge in [0.25, 0.3) is 0 Å². The highest BCUT2D eigenvalue weighted by Gasteiger charge is 2.15.